The van der Waals surface area contributed by atoms with Gasteiger partial charge in [-0.3, -0.25) is 4.79 Å². The first-order chi connectivity index (χ1) is 8.22. The van der Waals surface area contributed by atoms with Crippen LogP contribution in [0.25, 0.3) is 0 Å². The van der Waals surface area contributed by atoms with E-state index in [2.05, 4.69) is 26.2 Å². The van der Waals surface area contributed by atoms with Gasteiger partial charge in [-0.1, -0.05) is 0 Å². The molecule has 1 aromatic rings. The van der Waals surface area contributed by atoms with Crippen molar-refractivity contribution < 1.29 is 4.79 Å². The summed E-state index contributed by atoms with van der Waals surface area (Å²) < 4.78 is 0.919. The van der Waals surface area contributed by atoms with Gasteiger partial charge in [-0.25, -0.2) is 0 Å². The fourth-order valence-corrected chi connectivity index (χ4v) is 2.68. The molecule has 4 nitrogen and oxygen atoms in total. The van der Waals surface area contributed by atoms with Crippen molar-refractivity contribution in [3.8, 4) is 0 Å². The molecule has 94 valence electrons. The van der Waals surface area contributed by atoms with Crippen LogP contribution in [0.5, 0.6) is 0 Å². The fourth-order valence-electron chi connectivity index (χ4n) is 2.33. The lowest BCUT2D eigenvalue weighted by Gasteiger charge is -2.33. The van der Waals surface area contributed by atoms with Crippen molar-refractivity contribution in [1.29, 1.82) is 0 Å². The van der Waals surface area contributed by atoms with Crippen molar-refractivity contribution in [2.75, 3.05) is 19.6 Å². The molecular weight excluding hydrogens is 282 g/mol. The van der Waals surface area contributed by atoms with Crippen LogP contribution in [0.1, 0.15) is 30.3 Å². The van der Waals surface area contributed by atoms with Crippen LogP contribution in [0, 0.1) is 0 Å². The van der Waals surface area contributed by atoms with E-state index in [0.717, 1.165) is 36.9 Å². The number of halogens is 1. The zero-order chi connectivity index (χ0) is 12.3. The molecule has 0 saturated carbocycles. The van der Waals surface area contributed by atoms with Crippen molar-refractivity contribution in [3.63, 3.8) is 0 Å². The lowest BCUT2D eigenvalue weighted by molar-refractivity contribution is 0.0651. The third-order valence-electron chi connectivity index (χ3n) is 3.23. The Balaban J connectivity index is 2.09. The molecule has 1 aliphatic heterocycles. The van der Waals surface area contributed by atoms with E-state index in [-0.39, 0.29) is 5.91 Å². The lowest BCUT2D eigenvalue weighted by Crippen LogP contribution is -2.46. The summed E-state index contributed by atoms with van der Waals surface area (Å²) in [5, 5.41) is 3.32. The Hall–Kier alpha value is -0.810. The van der Waals surface area contributed by atoms with Crippen molar-refractivity contribution in [1.82, 2.24) is 15.2 Å². The van der Waals surface area contributed by atoms with Crippen LogP contribution >= 0.6 is 15.9 Å². The van der Waals surface area contributed by atoms with E-state index in [1.807, 2.05) is 17.9 Å². The first-order valence-electron chi connectivity index (χ1n) is 6.08. The van der Waals surface area contributed by atoms with E-state index in [1.165, 1.54) is 0 Å². The minimum Gasteiger partial charge on any atom is -0.356 e. The molecule has 1 amide bonds. The monoisotopic (exact) mass is 299 g/mol. The third kappa shape index (κ3) is 2.90. The predicted octanol–water partition coefficient (Wildman–Crippen LogP) is 1.99. The molecule has 1 aliphatic rings. The van der Waals surface area contributed by atoms with Crippen molar-refractivity contribution in [3.05, 3.63) is 22.4 Å². The number of H-pyrrole nitrogens is 1. The molecule has 0 spiro atoms. The standard InChI is InChI=1S/C12H18BrN3O/c1-2-16(10-3-5-14-6-4-10)12(17)11-7-9(13)8-15-11/h7-8,10,14-15H,2-6H2,1H3. The quantitative estimate of drug-likeness (QED) is 0.897. The predicted molar refractivity (Wildman–Crippen MR) is 71.1 cm³/mol. The molecule has 0 radical (unpaired) electrons. The van der Waals surface area contributed by atoms with Crippen LogP contribution in [0.4, 0.5) is 0 Å². The fraction of sp³-hybridized carbons (Fsp3) is 0.583. The maximum Gasteiger partial charge on any atom is 0.270 e. The van der Waals surface area contributed by atoms with Gasteiger partial charge in [-0.2, -0.15) is 0 Å². The average molecular weight is 300 g/mol. The van der Waals surface area contributed by atoms with Gasteiger partial charge in [-0.05, 0) is 54.9 Å². The minimum absolute atomic E-state index is 0.102. The highest BCUT2D eigenvalue weighted by Crippen LogP contribution is 2.17. The number of aromatic amines is 1. The number of carbonyl (C=O) groups is 1. The molecule has 5 heteroatoms. The first kappa shape index (κ1) is 12.6. The van der Waals surface area contributed by atoms with Crippen molar-refractivity contribution in [2.24, 2.45) is 0 Å². The van der Waals surface area contributed by atoms with E-state index in [1.54, 1.807) is 6.20 Å². The zero-order valence-electron chi connectivity index (χ0n) is 10.0. The van der Waals surface area contributed by atoms with Gasteiger partial charge >= 0.3 is 0 Å². The number of nitrogens with one attached hydrogen (secondary N) is 2. The Labute approximate surface area is 110 Å². The number of hydrogen-bond donors (Lipinski definition) is 2. The normalized spacial score (nSPS) is 17.1. The Kier molecular flexibility index (Phi) is 4.23. The molecule has 2 N–H and O–H groups in total. The van der Waals surface area contributed by atoms with Gasteiger partial charge in [0.05, 0.1) is 0 Å². The summed E-state index contributed by atoms with van der Waals surface area (Å²) in [6, 6.07) is 2.21. The SMILES string of the molecule is CCN(C(=O)c1cc(Br)c[nH]1)C1CCNCC1. The van der Waals surface area contributed by atoms with Gasteiger partial charge in [0.25, 0.3) is 5.91 Å². The maximum atomic E-state index is 12.3. The van der Waals surface area contributed by atoms with Crippen LogP contribution in [0.2, 0.25) is 0 Å². The number of carbonyl (C=O) groups excluding carboxylic acids is 1. The highest BCUT2D eigenvalue weighted by Gasteiger charge is 2.25. The Morgan fingerprint density at radius 1 is 1.53 bits per heavy atom. The number of aromatic nitrogens is 1. The molecule has 1 aromatic heterocycles. The van der Waals surface area contributed by atoms with Crippen molar-refractivity contribution >= 4 is 21.8 Å². The summed E-state index contributed by atoms with van der Waals surface area (Å²) in [4.78, 5) is 17.3. The topological polar surface area (TPSA) is 48.1 Å². The van der Waals surface area contributed by atoms with Crippen LogP contribution in [0.3, 0.4) is 0 Å². The second-order valence-corrected chi connectivity index (χ2v) is 5.22. The van der Waals surface area contributed by atoms with Crippen LogP contribution in [-0.2, 0) is 0 Å². The Bertz CT molecular complexity index is 385. The van der Waals surface area contributed by atoms with Crippen LogP contribution in [0.15, 0.2) is 16.7 Å². The second kappa shape index (κ2) is 5.69. The summed E-state index contributed by atoms with van der Waals surface area (Å²) >= 11 is 3.36. The second-order valence-electron chi connectivity index (χ2n) is 4.30. The number of piperidine rings is 1. The molecule has 17 heavy (non-hydrogen) atoms. The summed E-state index contributed by atoms with van der Waals surface area (Å²) in [6.07, 6.45) is 3.88. The molecule has 0 aromatic carbocycles. The summed E-state index contributed by atoms with van der Waals surface area (Å²) in [5.74, 6) is 0.102. The van der Waals surface area contributed by atoms with Gasteiger partial charge in [-0.15, -0.1) is 0 Å². The van der Waals surface area contributed by atoms with Crippen LogP contribution in [-0.4, -0.2) is 41.5 Å². The molecule has 1 fully saturated rings. The third-order valence-corrected chi connectivity index (χ3v) is 3.69. The van der Waals surface area contributed by atoms with E-state index in [9.17, 15) is 4.79 Å². The van der Waals surface area contributed by atoms with Crippen LogP contribution < -0.4 is 5.32 Å². The van der Waals surface area contributed by atoms with Gasteiger partial charge in [0.2, 0.25) is 0 Å². The van der Waals surface area contributed by atoms with E-state index < -0.39 is 0 Å². The molecule has 2 heterocycles. The molecular formula is C12H18BrN3O. The summed E-state index contributed by atoms with van der Waals surface area (Å²) in [5.41, 5.74) is 0.664. The van der Waals surface area contributed by atoms with Gasteiger partial charge in [0, 0.05) is 23.3 Å². The number of amides is 1. The van der Waals surface area contributed by atoms with Gasteiger partial charge in [0.1, 0.15) is 5.69 Å². The Morgan fingerprint density at radius 2 is 2.24 bits per heavy atom. The molecule has 0 aliphatic carbocycles. The lowest BCUT2D eigenvalue weighted by atomic mass is 10.0. The highest BCUT2D eigenvalue weighted by atomic mass is 79.9. The van der Waals surface area contributed by atoms with Gasteiger partial charge < -0.3 is 15.2 Å². The average Bonchev–Trinajstić information content (AvgIpc) is 2.78. The molecule has 0 bridgehead atoms. The number of rotatable bonds is 3. The molecule has 0 unspecified atom stereocenters. The van der Waals surface area contributed by atoms with Crippen molar-refractivity contribution in [2.45, 2.75) is 25.8 Å². The van der Waals surface area contributed by atoms with E-state index in [4.69, 9.17) is 0 Å². The minimum atomic E-state index is 0.102. The Morgan fingerprint density at radius 3 is 2.76 bits per heavy atom. The van der Waals surface area contributed by atoms with E-state index >= 15 is 0 Å². The smallest absolute Gasteiger partial charge is 0.270 e. The number of nitrogens with zero attached hydrogens (tertiary/aromatic N) is 1. The molecule has 1 saturated heterocycles. The zero-order valence-corrected chi connectivity index (χ0v) is 11.6. The maximum absolute atomic E-state index is 12.3. The highest BCUT2D eigenvalue weighted by molar-refractivity contribution is 9.10. The summed E-state index contributed by atoms with van der Waals surface area (Å²) in [7, 11) is 0. The number of hydrogen-bond acceptors (Lipinski definition) is 2. The van der Waals surface area contributed by atoms with E-state index in [0.29, 0.717) is 11.7 Å². The first-order valence-corrected chi connectivity index (χ1v) is 6.87. The van der Waals surface area contributed by atoms with Gasteiger partial charge in [0.15, 0.2) is 0 Å². The largest absolute Gasteiger partial charge is 0.356 e. The molecule has 2 rings (SSSR count). The molecule has 0 atom stereocenters. The summed E-state index contributed by atoms with van der Waals surface area (Å²) in [6.45, 7) is 4.81.